The highest BCUT2D eigenvalue weighted by atomic mass is 35.5. The Balaban J connectivity index is 1.33. The number of aliphatic hydroxyl groups is 1. The normalized spacial score (nSPS) is 26.2. The van der Waals surface area contributed by atoms with Gasteiger partial charge in [-0.25, -0.2) is 9.37 Å². The number of imidazole rings is 1. The third-order valence-electron chi connectivity index (χ3n) is 7.20. The number of nitrogens with one attached hydrogen (secondary N) is 2. The van der Waals surface area contributed by atoms with Crippen LogP contribution >= 0.6 is 11.6 Å². The first kappa shape index (κ1) is 23.8. The predicted molar refractivity (Wildman–Crippen MR) is 118 cm³/mol. The van der Waals surface area contributed by atoms with E-state index in [0.29, 0.717) is 29.9 Å². The lowest BCUT2D eigenvalue weighted by Crippen LogP contribution is -2.26. The van der Waals surface area contributed by atoms with Crippen LogP contribution in [0, 0.1) is 17.7 Å². The molecule has 0 radical (unpaired) electrons. The summed E-state index contributed by atoms with van der Waals surface area (Å²) in [7, 11) is 1.69. The Hall–Kier alpha value is -2.92. The summed E-state index contributed by atoms with van der Waals surface area (Å²) >= 11 is 5.80. The van der Waals surface area contributed by atoms with Crippen LogP contribution in [0.4, 0.5) is 23.2 Å². The SMILES string of the molecule is Cn1cnc(C2CC3CC(O)(c4c[nH]nc4C(F)(F)F)CC3C2)c1C(=O)Nc1ccc(F)c(Cl)c1. The van der Waals surface area contributed by atoms with E-state index in [4.69, 9.17) is 11.6 Å². The largest absolute Gasteiger partial charge is 0.435 e. The fourth-order valence-electron chi connectivity index (χ4n) is 5.75. The van der Waals surface area contributed by atoms with Gasteiger partial charge in [0, 0.05) is 30.4 Å². The van der Waals surface area contributed by atoms with Gasteiger partial charge in [-0.15, -0.1) is 0 Å². The van der Waals surface area contributed by atoms with Crippen LogP contribution in [-0.4, -0.2) is 30.8 Å². The number of aryl methyl sites for hydroxylation is 1. The van der Waals surface area contributed by atoms with Gasteiger partial charge < -0.3 is 15.0 Å². The van der Waals surface area contributed by atoms with Gasteiger partial charge in [0.1, 0.15) is 11.5 Å². The second kappa shape index (κ2) is 8.34. The molecule has 1 aromatic carbocycles. The number of amides is 1. The molecule has 0 bridgehead atoms. The van der Waals surface area contributed by atoms with Crippen molar-refractivity contribution in [2.24, 2.45) is 18.9 Å². The molecule has 2 fully saturated rings. The first-order valence-corrected chi connectivity index (χ1v) is 11.5. The van der Waals surface area contributed by atoms with Gasteiger partial charge in [0.2, 0.25) is 0 Å². The van der Waals surface area contributed by atoms with Crippen LogP contribution in [0.2, 0.25) is 5.02 Å². The van der Waals surface area contributed by atoms with E-state index in [1.165, 1.54) is 18.5 Å². The highest BCUT2D eigenvalue weighted by Gasteiger charge is 2.53. The van der Waals surface area contributed by atoms with Crippen molar-refractivity contribution in [3.63, 3.8) is 0 Å². The molecule has 1 amide bonds. The second-order valence-electron chi connectivity index (χ2n) is 9.45. The molecule has 2 saturated carbocycles. The lowest BCUT2D eigenvalue weighted by molar-refractivity contribution is -0.144. The van der Waals surface area contributed by atoms with Crippen LogP contribution in [0.15, 0.2) is 30.7 Å². The molecule has 0 aliphatic heterocycles. The van der Waals surface area contributed by atoms with Gasteiger partial charge in [-0.1, -0.05) is 11.6 Å². The van der Waals surface area contributed by atoms with E-state index in [9.17, 15) is 27.5 Å². The number of benzene rings is 1. The summed E-state index contributed by atoms with van der Waals surface area (Å²) < 4.78 is 55.0. The molecule has 12 heteroatoms. The van der Waals surface area contributed by atoms with Crippen molar-refractivity contribution in [2.75, 3.05) is 5.32 Å². The topological polar surface area (TPSA) is 95.8 Å². The first-order valence-electron chi connectivity index (χ1n) is 11.1. The number of nitrogens with zero attached hydrogens (tertiary/aromatic N) is 3. The van der Waals surface area contributed by atoms with Gasteiger partial charge in [0.05, 0.1) is 22.6 Å². The summed E-state index contributed by atoms with van der Waals surface area (Å²) in [5.74, 6) is -1.14. The van der Waals surface area contributed by atoms with Crippen molar-refractivity contribution in [3.05, 3.63) is 64.2 Å². The maximum atomic E-state index is 13.4. The summed E-state index contributed by atoms with van der Waals surface area (Å²) in [6.45, 7) is 0. The number of fused-ring (bicyclic) bond motifs is 1. The van der Waals surface area contributed by atoms with E-state index in [-0.39, 0.29) is 41.2 Å². The van der Waals surface area contributed by atoms with Gasteiger partial charge in [0.15, 0.2) is 5.69 Å². The van der Waals surface area contributed by atoms with Gasteiger partial charge >= 0.3 is 6.18 Å². The Kier molecular flexibility index (Phi) is 5.67. The molecule has 186 valence electrons. The monoisotopic (exact) mass is 511 g/mol. The molecule has 0 saturated heterocycles. The van der Waals surface area contributed by atoms with Crippen molar-refractivity contribution in [1.82, 2.24) is 19.7 Å². The third kappa shape index (κ3) is 4.20. The van der Waals surface area contributed by atoms with E-state index in [1.54, 1.807) is 11.6 Å². The zero-order valence-corrected chi connectivity index (χ0v) is 19.3. The fourth-order valence-corrected chi connectivity index (χ4v) is 5.94. The van der Waals surface area contributed by atoms with Crippen molar-refractivity contribution in [1.29, 1.82) is 0 Å². The van der Waals surface area contributed by atoms with E-state index >= 15 is 0 Å². The molecule has 2 unspecified atom stereocenters. The molecule has 2 aliphatic rings. The Bertz CT molecular complexity index is 1270. The minimum absolute atomic E-state index is 0.0187. The van der Waals surface area contributed by atoms with Crippen molar-refractivity contribution in [3.8, 4) is 0 Å². The Morgan fingerprint density at radius 3 is 2.60 bits per heavy atom. The molecule has 3 aromatic rings. The molecule has 0 spiro atoms. The summed E-state index contributed by atoms with van der Waals surface area (Å²) in [4.78, 5) is 17.5. The highest BCUT2D eigenvalue weighted by Crippen LogP contribution is 2.57. The standard InChI is InChI=1S/C23H22ClF4N5O2/c1-33-10-29-18(19(33)21(34)31-14-2-3-17(25)16(24)6-14)11-4-12-7-22(35,8-13(12)5-11)15-9-30-32-20(15)23(26,27)28/h2-3,6,9-13,35H,4-5,7-8H2,1H3,(H,30,32)(H,31,34). The smallest absolute Gasteiger partial charge is 0.385 e. The van der Waals surface area contributed by atoms with Gasteiger partial charge in [0.25, 0.3) is 5.91 Å². The highest BCUT2D eigenvalue weighted by molar-refractivity contribution is 6.31. The number of hydrogen-bond acceptors (Lipinski definition) is 4. The summed E-state index contributed by atoms with van der Waals surface area (Å²) in [5.41, 5.74) is -1.63. The van der Waals surface area contributed by atoms with E-state index in [1.807, 2.05) is 0 Å². The minimum Gasteiger partial charge on any atom is -0.385 e. The molecular formula is C23H22ClF4N5O2. The van der Waals surface area contributed by atoms with Crippen LogP contribution < -0.4 is 5.32 Å². The van der Waals surface area contributed by atoms with Crippen LogP contribution in [0.3, 0.4) is 0 Å². The maximum absolute atomic E-state index is 13.4. The minimum atomic E-state index is -4.66. The maximum Gasteiger partial charge on any atom is 0.435 e. The summed E-state index contributed by atoms with van der Waals surface area (Å²) in [6.07, 6.45) is -0.454. The summed E-state index contributed by atoms with van der Waals surface area (Å²) in [6, 6.07) is 3.88. The Labute approximate surface area is 202 Å². The third-order valence-corrected chi connectivity index (χ3v) is 7.49. The average molecular weight is 512 g/mol. The van der Waals surface area contributed by atoms with Crippen molar-refractivity contribution < 1.29 is 27.5 Å². The van der Waals surface area contributed by atoms with Crippen LogP contribution in [0.5, 0.6) is 0 Å². The second-order valence-corrected chi connectivity index (χ2v) is 9.85. The van der Waals surface area contributed by atoms with Gasteiger partial charge in [-0.2, -0.15) is 18.3 Å². The van der Waals surface area contributed by atoms with E-state index in [0.717, 1.165) is 12.3 Å². The molecule has 3 N–H and O–H groups in total. The number of carbonyl (C=O) groups is 1. The van der Waals surface area contributed by atoms with Crippen molar-refractivity contribution in [2.45, 2.75) is 43.4 Å². The molecule has 2 aliphatic carbocycles. The molecular weight excluding hydrogens is 490 g/mol. The van der Waals surface area contributed by atoms with Crippen LogP contribution in [0.25, 0.3) is 0 Å². The fraction of sp³-hybridized carbons (Fsp3) is 0.435. The Morgan fingerprint density at radius 1 is 1.29 bits per heavy atom. The number of carbonyl (C=O) groups excluding carboxylic acids is 1. The average Bonchev–Trinajstić information content (AvgIpc) is 3.52. The number of aromatic amines is 1. The zero-order valence-electron chi connectivity index (χ0n) is 18.5. The molecule has 35 heavy (non-hydrogen) atoms. The molecule has 2 aromatic heterocycles. The number of halogens is 5. The molecule has 5 rings (SSSR count). The first-order chi connectivity index (χ1) is 16.5. The van der Waals surface area contributed by atoms with Crippen LogP contribution in [-0.2, 0) is 18.8 Å². The van der Waals surface area contributed by atoms with Crippen LogP contribution in [0.1, 0.15) is 59.0 Å². The van der Waals surface area contributed by atoms with Crippen molar-refractivity contribution >= 4 is 23.2 Å². The van der Waals surface area contributed by atoms with Gasteiger partial charge in [-0.3, -0.25) is 9.89 Å². The lowest BCUT2D eigenvalue weighted by Gasteiger charge is -2.25. The zero-order chi connectivity index (χ0) is 25.1. The van der Waals surface area contributed by atoms with E-state index < -0.39 is 29.2 Å². The number of anilines is 1. The quantitative estimate of drug-likeness (QED) is 0.430. The predicted octanol–water partition coefficient (Wildman–Crippen LogP) is 5.00. The molecule has 2 heterocycles. The number of hydrogen-bond donors (Lipinski definition) is 3. The number of alkyl halides is 3. The molecule has 2 atom stereocenters. The van der Waals surface area contributed by atoms with E-state index in [2.05, 4.69) is 20.5 Å². The lowest BCUT2D eigenvalue weighted by atomic mass is 9.87. The Morgan fingerprint density at radius 2 is 1.97 bits per heavy atom. The molecule has 7 nitrogen and oxygen atoms in total. The summed E-state index contributed by atoms with van der Waals surface area (Å²) in [5, 5.41) is 19.3. The van der Waals surface area contributed by atoms with Gasteiger partial charge in [-0.05, 0) is 55.7 Å². The number of rotatable bonds is 4. The number of H-pyrrole nitrogens is 1. The number of aromatic nitrogens is 4.